The van der Waals surface area contributed by atoms with Crippen molar-refractivity contribution in [2.45, 2.75) is 13.0 Å². The second-order valence-corrected chi connectivity index (χ2v) is 3.18. The highest BCUT2D eigenvalue weighted by molar-refractivity contribution is 5.83. The first-order valence-electron chi connectivity index (χ1n) is 4.81. The normalized spacial score (nSPS) is 10.3. The lowest BCUT2D eigenvalue weighted by Crippen LogP contribution is -2.03. The second kappa shape index (κ2) is 4.61. The third-order valence-corrected chi connectivity index (χ3v) is 2.09. The Morgan fingerprint density at radius 1 is 1.50 bits per heavy atom. The van der Waals surface area contributed by atoms with Crippen LogP contribution in [-0.4, -0.2) is 27.8 Å². The fraction of sp³-hybridized carbons (Fsp3) is 0.300. The Kier molecular flexibility index (Phi) is 3.00. The van der Waals surface area contributed by atoms with E-state index in [-0.39, 0.29) is 5.89 Å². The number of aryl methyl sites for hydroxylation is 2. The van der Waals surface area contributed by atoms with Crippen molar-refractivity contribution in [2.75, 3.05) is 7.11 Å². The van der Waals surface area contributed by atoms with E-state index in [2.05, 4.69) is 14.9 Å². The summed E-state index contributed by atoms with van der Waals surface area (Å²) in [6, 6.07) is 3.88. The van der Waals surface area contributed by atoms with Gasteiger partial charge in [-0.25, -0.2) is 4.79 Å². The molecule has 0 aliphatic carbocycles. The number of rotatable bonds is 4. The molecule has 0 aliphatic rings. The third kappa shape index (κ3) is 2.28. The molecular formula is C10H11N3O3. The minimum Gasteiger partial charge on any atom is -0.462 e. The summed E-state index contributed by atoms with van der Waals surface area (Å²) < 4.78 is 11.2. The van der Waals surface area contributed by atoms with E-state index in [4.69, 9.17) is 4.52 Å². The first-order valence-corrected chi connectivity index (χ1v) is 4.81. The fourth-order valence-electron chi connectivity index (χ4n) is 1.27. The number of nitrogens with zero attached hydrogens (tertiary/aromatic N) is 3. The number of esters is 1. The molecule has 0 fully saturated rings. The number of carbonyl (C=O) groups excluding carboxylic acids is 1. The molecule has 0 N–H and O–H groups in total. The van der Waals surface area contributed by atoms with Gasteiger partial charge in [-0.2, -0.15) is 4.98 Å². The van der Waals surface area contributed by atoms with Crippen LogP contribution in [0.1, 0.15) is 16.5 Å². The van der Waals surface area contributed by atoms with Gasteiger partial charge in [0.15, 0.2) is 5.82 Å². The van der Waals surface area contributed by atoms with Gasteiger partial charge >= 0.3 is 11.9 Å². The molecular weight excluding hydrogens is 210 g/mol. The molecule has 2 aromatic heterocycles. The van der Waals surface area contributed by atoms with Gasteiger partial charge in [0.25, 0.3) is 0 Å². The van der Waals surface area contributed by atoms with E-state index in [1.807, 2.05) is 29.1 Å². The number of methoxy groups -OCH3 is 1. The minimum atomic E-state index is -0.611. The van der Waals surface area contributed by atoms with E-state index in [1.165, 1.54) is 7.11 Å². The van der Waals surface area contributed by atoms with Crippen LogP contribution in [-0.2, 0) is 17.7 Å². The molecule has 0 radical (unpaired) electrons. The monoisotopic (exact) mass is 221 g/mol. The number of aromatic nitrogens is 3. The van der Waals surface area contributed by atoms with Crippen molar-refractivity contribution >= 4 is 5.97 Å². The van der Waals surface area contributed by atoms with E-state index < -0.39 is 5.97 Å². The van der Waals surface area contributed by atoms with Gasteiger partial charge in [0.2, 0.25) is 0 Å². The molecule has 16 heavy (non-hydrogen) atoms. The Labute approximate surface area is 91.8 Å². The van der Waals surface area contributed by atoms with Crippen LogP contribution in [0.2, 0.25) is 0 Å². The van der Waals surface area contributed by atoms with Gasteiger partial charge in [-0.3, -0.25) is 0 Å². The fourth-order valence-corrected chi connectivity index (χ4v) is 1.27. The lowest BCUT2D eigenvalue weighted by atomic mass is 10.4. The van der Waals surface area contributed by atoms with Crippen molar-refractivity contribution in [3.05, 3.63) is 36.2 Å². The van der Waals surface area contributed by atoms with Crippen molar-refractivity contribution in [1.29, 1.82) is 0 Å². The average Bonchev–Trinajstić information content (AvgIpc) is 2.96. The second-order valence-electron chi connectivity index (χ2n) is 3.18. The Balaban J connectivity index is 1.95. The lowest BCUT2D eigenvalue weighted by molar-refractivity contribution is 0.0545. The molecule has 0 saturated heterocycles. The van der Waals surface area contributed by atoms with Gasteiger partial charge in [0.05, 0.1) is 7.11 Å². The highest BCUT2D eigenvalue weighted by Gasteiger charge is 2.14. The van der Waals surface area contributed by atoms with Crippen LogP contribution in [0.4, 0.5) is 0 Å². The molecule has 6 nitrogen and oxygen atoms in total. The molecule has 0 aromatic carbocycles. The Bertz CT molecular complexity index is 461. The molecule has 0 amide bonds. The molecule has 2 rings (SSSR count). The van der Waals surface area contributed by atoms with Crippen LogP contribution in [0.3, 0.4) is 0 Å². The molecule has 0 atom stereocenters. The van der Waals surface area contributed by atoms with Gasteiger partial charge in [-0.05, 0) is 12.1 Å². The molecule has 2 heterocycles. The summed E-state index contributed by atoms with van der Waals surface area (Å²) in [6.45, 7) is 0.743. The van der Waals surface area contributed by atoms with Crippen LogP contribution in [0.15, 0.2) is 29.0 Å². The molecule has 0 aliphatic heterocycles. The molecule has 0 bridgehead atoms. The van der Waals surface area contributed by atoms with Crippen LogP contribution in [0.5, 0.6) is 0 Å². The van der Waals surface area contributed by atoms with Crippen molar-refractivity contribution in [1.82, 2.24) is 14.7 Å². The van der Waals surface area contributed by atoms with Gasteiger partial charge in [0, 0.05) is 25.4 Å². The van der Waals surface area contributed by atoms with E-state index in [0.29, 0.717) is 12.2 Å². The highest BCUT2D eigenvalue weighted by Crippen LogP contribution is 2.01. The number of carbonyl (C=O) groups is 1. The quantitative estimate of drug-likeness (QED) is 0.717. The first kappa shape index (κ1) is 10.4. The van der Waals surface area contributed by atoms with Crippen LogP contribution in [0.25, 0.3) is 0 Å². The number of hydrogen-bond donors (Lipinski definition) is 0. The summed E-state index contributed by atoms with van der Waals surface area (Å²) in [7, 11) is 1.27. The lowest BCUT2D eigenvalue weighted by Gasteiger charge is -1.97. The predicted molar refractivity (Wildman–Crippen MR) is 53.8 cm³/mol. The Morgan fingerprint density at radius 2 is 2.25 bits per heavy atom. The Hall–Kier alpha value is -2.11. The summed E-state index contributed by atoms with van der Waals surface area (Å²) in [5.41, 5.74) is 0. The summed E-state index contributed by atoms with van der Waals surface area (Å²) in [5.74, 6) is -0.223. The van der Waals surface area contributed by atoms with Crippen molar-refractivity contribution in [3.8, 4) is 0 Å². The minimum absolute atomic E-state index is 0.106. The SMILES string of the molecule is COC(=O)c1nc(CCn2cccc2)no1. The summed E-state index contributed by atoms with van der Waals surface area (Å²) in [4.78, 5) is 15.0. The summed E-state index contributed by atoms with van der Waals surface area (Å²) >= 11 is 0. The molecule has 6 heteroatoms. The highest BCUT2D eigenvalue weighted by atomic mass is 16.6. The molecule has 0 saturated carbocycles. The van der Waals surface area contributed by atoms with Crippen molar-refractivity contribution in [3.63, 3.8) is 0 Å². The van der Waals surface area contributed by atoms with Gasteiger partial charge in [-0.1, -0.05) is 5.16 Å². The van der Waals surface area contributed by atoms with E-state index >= 15 is 0 Å². The van der Waals surface area contributed by atoms with Crippen LogP contribution in [0, 0.1) is 0 Å². The third-order valence-electron chi connectivity index (χ3n) is 2.09. The number of hydrogen-bond acceptors (Lipinski definition) is 5. The van der Waals surface area contributed by atoms with Gasteiger partial charge < -0.3 is 13.8 Å². The van der Waals surface area contributed by atoms with E-state index in [1.54, 1.807) is 0 Å². The maximum atomic E-state index is 11.0. The number of ether oxygens (including phenoxy) is 1. The molecule has 84 valence electrons. The van der Waals surface area contributed by atoms with E-state index in [0.717, 1.165) is 6.54 Å². The average molecular weight is 221 g/mol. The zero-order chi connectivity index (χ0) is 11.4. The van der Waals surface area contributed by atoms with Crippen molar-refractivity contribution < 1.29 is 14.1 Å². The van der Waals surface area contributed by atoms with Gasteiger partial charge in [0.1, 0.15) is 0 Å². The van der Waals surface area contributed by atoms with Crippen molar-refractivity contribution in [2.24, 2.45) is 0 Å². The van der Waals surface area contributed by atoms with Gasteiger partial charge in [-0.15, -0.1) is 0 Å². The zero-order valence-corrected chi connectivity index (χ0v) is 8.79. The van der Waals surface area contributed by atoms with Crippen LogP contribution < -0.4 is 0 Å². The maximum Gasteiger partial charge on any atom is 0.397 e. The molecule has 2 aromatic rings. The largest absolute Gasteiger partial charge is 0.462 e. The zero-order valence-electron chi connectivity index (χ0n) is 8.79. The Morgan fingerprint density at radius 3 is 2.94 bits per heavy atom. The summed E-state index contributed by atoms with van der Waals surface area (Å²) in [6.07, 6.45) is 4.50. The topological polar surface area (TPSA) is 70.2 Å². The predicted octanol–water partition coefficient (Wildman–Crippen LogP) is 0.900. The first-order chi connectivity index (χ1) is 7.79. The van der Waals surface area contributed by atoms with E-state index in [9.17, 15) is 4.79 Å². The molecule has 0 unspecified atom stereocenters. The maximum absolute atomic E-state index is 11.0. The van der Waals surface area contributed by atoms with Crippen LogP contribution >= 0.6 is 0 Å². The molecule has 0 spiro atoms. The smallest absolute Gasteiger partial charge is 0.397 e. The summed E-state index contributed by atoms with van der Waals surface area (Å²) in [5, 5.41) is 3.68. The standard InChI is InChI=1S/C10H11N3O3/c1-15-10(14)9-11-8(12-16-9)4-7-13-5-2-3-6-13/h2-3,5-6H,4,7H2,1H3.